The fraction of sp³-hybridized carbons (Fsp3) is 0.636. The van der Waals surface area contributed by atoms with Crippen LogP contribution in [-0.2, 0) is 6.54 Å². The van der Waals surface area contributed by atoms with Crippen molar-refractivity contribution in [3.05, 3.63) is 24.2 Å². The van der Waals surface area contributed by atoms with E-state index in [0.717, 1.165) is 0 Å². The van der Waals surface area contributed by atoms with Crippen LogP contribution in [-0.4, -0.2) is 30.2 Å². The van der Waals surface area contributed by atoms with Gasteiger partial charge in [0.2, 0.25) is 0 Å². The standard InChI is InChI=1S/C11H17F3N2O/c1-3-9(15)10(11(12,13)14)16(2)6-8-4-5-17-7-8/h4-5,7,9-10H,3,6,15H2,1-2H3. The van der Waals surface area contributed by atoms with Crippen LogP contribution >= 0.6 is 0 Å². The van der Waals surface area contributed by atoms with E-state index in [0.29, 0.717) is 5.56 Å². The van der Waals surface area contributed by atoms with E-state index >= 15 is 0 Å². The maximum absolute atomic E-state index is 12.9. The average molecular weight is 250 g/mol. The highest BCUT2D eigenvalue weighted by Crippen LogP contribution is 2.28. The predicted octanol–water partition coefficient (Wildman–Crippen LogP) is 2.38. The lowest BCUT2D eigenvalue weighted by atomic mass is 10.0. The molecule has 17 heavy (non-hydrogen) atoms. The lowest BCUT2D eigenvalue weighted by Crippen LogP contribution is -2.54. The molecule has 0 amide bonds. The number of nitrogens with two attached hydrogens (primary N) is 1. The van der Waals surface area contributed by atoms with Gasteiger partial charge < -0.3 is 10.2 Å². The number of halogens is 3. The minimum atomic E-state index is -4.33. The molecular weight excluding hydrogens is 233 g/mol. The molecule has 2 unspecified atom stereocenters. The first-order valence-corrected chi connectivity index (χ1v) is 5.39. The van der Waals surface area contributed by atoms with Gasteiger partial charge in [-0.25, -0.2) is 0 Å². The topological polar surface area (TPSA) is 42.4 Å². The Morgan fingerprint density at radius 1 is 1.47 bits per heavy atom. The van der Waals surface area contributed by atoms with Gasteiger partial charge >= 0.3 is 6.18 Å². The summed E-state index contributed by atoms with van der Waals surface area (Å²) in [6.45, 7) is 1.81. The lowest BCUT2D eigenvalue weighted by molar-refractivity contribution is -0.187. The molecule has 0 radical (unpaired) electrons. The number of hydrogen-bond acceptors (Lipinski definition) is 3. The first-order chi connectivity index (χ1) is 7.86. The second-order valence-corrected chi connectivity index (χ2v) is 4.11. The van der Waals surface area contributed by atoms with Gasteiger partial charge in [-0.15, -0.1) is 0 Å². The molecule has 3 nitrogen and oxygen atoms in total. The van der Waals surface area contributed by atoms with Gasteiger partial charge in [-0.3, -0.25) is 4.90 Å². The van der Waals surface area contributed by atoms with Crippen molar-refractivity contribution in [2.24, 2.45) is 5.73 Å². The second kappa shape index (κ2) is 5.55. The molecule has 2 atom stereocenters. The molecule has 0 aliphatic carbocycles. The quantitative estimate of drug-likeness (QED) is 0.872. The van der Waals surface area contributed by atoms with Crippen LogP contribution in [0.2, 0.25) is 0 Å². The Morgan fingerprint density at radius 2 is 2.12 bits per heavy atom. The van der Waals surface area contributed by atoms with E-state index < -0.39 is 18.3 Å². The first kappa shape index (κ1) is 14.1. The smallest absolute Gasteiger partial charge is 0.405 e. The Hall–Kier alpha value is -1.01. The monoisotopic (exact) mass is 250 g/mol. The SMILES string of the molecule is CCC(N)C(N(C)Cc1ccoc1)C(F)(F)F. The van der Waals surface area contributed by atoms with Crippen molar-refractivity contribution < 1.29 is 17.6 Å². The fourth-order valence-corrected chi connectivity index (χ4v) is 1.81. The molecule has 0 saturated heterocycles. The summed E-state index contributed by atoms with van der Waals surface area (Å²) in [7, 11) is 1.42. The summed E-state index contributed by atoms with van der Waals surface area (Å²) in [6.07, 6.45) is -1.18. The van der Waals surface area contributed by atoms with Crippen LogP contribution in [0.4, 0.5) is 13.2 Å². The summed E-state index contributed by atoms with van der Waals surface area (Å²) in [5.74, 6) is 0. The molecule has 6 heteroatoms. The van der Waals surface area contributed by atoms with E-state index in [9.17, 15) is 13.2 Å². The Balaban J connectivity index is 2.76. The summed E-state index contributed by atoms with van der Waals surface area (Å²) in [5.41, 5.74) is 6.25. The molecule has 1 aromatic rings. The molecule has 0 spiro atoms. The average Bonchev–Trinajstić information content (AvgIpc) is 2.67. The molecule has 1 rings (SSSR count). The second-order valence-electron chi connectivity index (χ2n) is 4.11. The van der Waals surface area contributed by atoms with Gasteiger partial charge in [-0.2, -0.15) is 13.2 Å². The van der Waals surface area contributed by atoms with E-state index in [-0.39, 0.29) is 13.0 Å². The molecule has 0 aliphatic rings. The molecule has 1 aromatic heterocycles. The third-order valence-electron chi connectivity index (χ3n) is 2.70. The fourth-order valence-electron chi connectivity index (χ4n) is 1.81. The van der Waals surface area contributed by atoms with Crippen molar-refractivity contribution in [1.29, 1.82) is 0 Å². The Bertz CT molecular complexity index is 324. The number of furan rings is 1. The zero-order chi connectivity index (χ0) is 13.1. The molecule has 0 saturated carbocycles. The van der Waals surface area contributed by atoms with Crippen LogP contribution in [0.1, 0.15) is 18.9 Å². The molecule has 0 aromatic carbocycles. The van der Waals surface area contributed by atoms with Gasteiger partial charge in [-0.05, 0) is 19.5 Å². The Kier molecular flexibility index (Phi) is 4.59. The minimum Gasteiger partial charge on any atom is -0.472 e. The first-order valence-electron chi connectivity index (χ1n) is 5.39. The van der Waals surface area contributed by atoms with Crippen LogP contribution in [0.15, 0.2) is 23.0 Å². The largest absolute Gasteiger partial charge is 0.472 e. The zero-order valence-corrected chi connectivity index (χ0v) is 9.87. The lowest BCUT2D eigenvalue weighted by Gasteiger charge is -2.33. The molecule has 0 fully saturated rings. The number of nitrogens with zero attached hydrogens (tertiary/aromatic N) is 1. The van der Waals surface area contributed by atoms with E-state index in [1.807, 2.05) is 0 Å². The molecular formula is C11H17F3N2O. The van der Waals surface area contributed by atoms with Crippen molar-refractivity contribution in [2.45, 2.75) is 38.1 Å². The maximum atomic E-state index is 12.9. The van der Waals surface area contributed by atoms with Gasteiger partial charge in [0, 0.05) is 18.2 Å². The number of rotatable bonds is 5. The number of alkyl halides is 3. The molecule has 0 bridgehead atoms. The van der Waals surface area contributed by atoms with Crippen LogP contribution < -0.4 is 5.73 Å². The maximum Gasteiger partial charge on any atom is 0.405 e. The summed E-state index contributed by atoms with van der Waals surface area (Å²) in [6, 6.07) is -0.921. The minimum absolute atomic E-state index is 0.161. The van der Waals surface area contributed by atoms with Gasteiger partial charge in [0.25, 0.3) is 0 Å². The number of likely N-dealkylation sites (N-methyl/N-ethyl adjacent to an activating group) is 1. The van der Waals surface area contributed by atoms with Gasteiger partial charge in [0.15, 0.2) is 0 Å². The third-order valence-corrected chi connectivity index (χ3v) is 2.70. The molecule has 2 N–H and O–H groups in total. The van der Waals surface area contributed by atoms with E-state index in [1.54, 1.807) is 13.0 Å². The molecule has 1 heterocycles. The van der Waals surface area contributed by atoms with Gasteiger partial charge in [-0.1, -0.05) is 6.92 Å². The Morgan fingerprint density at radius 3 is 2.53 bits per heavy atom. The highest BCUT2D eigenvalue weighted by molar-refractivity contribution is 5.05. The van der Waals surface area contributed by atoms with E-state index in [1.165, 1.54) is 24.5 Å². The predicted molar refractivity (Wildman–Crippen MR) is 58.3 cm³/mol. The van der Waals surface area contributed by atoms with E-state index in [4.69, 9.17) is 10.2 Å². The molecule has 0 aliphatic heterocycles. The summed E-state index contributed by atoms with van der Waals surface area (Å²) in [4.78, 5) is 1.21. The number of hydrogen-bond donors (Lipinski definition) is 1. The van der Waals surface area contributed by atoms with E-state index in [2.05, 4.69) is 0 Å². The van der Waals surface area contributed by atoms with Crippen LogP contribution in [0.25, 0.3) is 0 Å². The third kappa shape index (κ3) is 3.74. The Labute approximate surface area is 98.4 Å². The van der Waals surface area contributed by atoms with Crippen molar-refractivity contribution in [2.75, 3.05) is 7.05 Å². The van der Waals surface area contributed by atoms with Crippen LogP contribution in [0, 0.1) is 0 Å². The summed E-state index contributed by atoms with van der Waals surface area (Å²) in [5, 5.41) is 0. The van der Waals surface area contributed by atoms with Crippen molar-refractivity contribution >= 4 is 0 Å². The van der Waals surface area contributed by atoms with Gasteiger partial charge in [0.05, 0.1) is 12.5 Å². The van der Waals surface area contributed by atoms with Crippen molar-refractivity contribution in [3.63, 3.8) is 0 Å². The highest BCUT2D eigenvalue weighted by atomic mass is 19.4. The van der Waals surface area contributed by atoms with Crippen molar-refractivity contribution in [1.82, 2.24) is 4.90 Å². The van der Waals surface area contributed by atoms with Crippen LogP contribution in [0.3, 0.4) is 0 Å². The summed E-state index contributed by atoms with van der Waals surface area (Å²) >= 11 is 0. The molecule has 98 valence electrons. The summed E-state index contributed by atoms with van der Waals surface area (Å²) < 4.78 is 43.5. The van der Waals surface area contributed by atoms with Crippen LogP contribution in [0.5, 0.6) is 0 Å². The normalized spacial score (nSPS) is 16.2. The highest BCUT2D eigenvalue weighted by Gasteiger charge is 2.45. The van der Waals surface area contributed by atoms with Crippen molar-refractivity contribution in [3.8, 4) is 0 Å². The zero-order valence-electron chi connectivity index (χ0n) is 9.87. The van der Waals surface area contributed by atoms with Gasteiger partial charge in [0.1, 0.15) is 6.04 Å².